The third-order valence-corrected chi connectivity index (χ3v) is 4.73. The van der Waals surface area contributed by atoms with Crippen molar-refractivity contribution in [2.24, 2.45) is 17.8 Å². The van der Waals surface area contributed by atoms with Crippen LogP contribution in [-0.2, 0) is 9.59 Å². The van der Waals surface area contributed by atoms with Gasteiger partial charge < -0.3 is 4.79 Å². The summed E-state index contributed by atoms with van der Waals surface area (Å²) in [6, 6.07) is 0. The molecule has 122 valence electrons. The second-order valence-corrected chi connectivity index (χ2v) is 6.81. The number of allylic oxidation sites excluding steroid dienone is 6. The molecule has 0 aliphatic heterocycles. The normalized spacial score (nSPS) is 28.7. The van der Waals surface area contributed by atoms with Crippen molar-refractivity contribution in [3.05, 3.63) is 34.9 Å². The van der Waals surface area contributed by atoms with E-state index in [0.29, 0.717) is 11.5 Å². The molecule has 0 amide bonds. The van der Waals surface area contributed by atoms with E-state index in [-0.39, 0.29) is 11.8 Å². The van der Waals surface area contributed by atoms with Crippen LogP contribution in [0.25, 0.3) is 0 Å². The van der Waals surface area contributed by atoms with Crippen molar-refractivity contribution in [2.75, 3.05) is 0 Å². The second-order valence-electron chi connectivity index (χ2n) is 6.81. The number of carbonyl (C=O) groups is 2. The molecule has 0 aromatic rings. The van der Waals surface area contributed by atoms with Gasteiger partial charge in [-0.2, -0.15) is 0 Å². The Labute approximate surface area is 135 Å². The summed E-state index contributed by atoms with van der Waals surface area (Å²) in [6.45, 7) is 8.58. The topological polar surface area (TPSA) is 34.1 Å². The number of carbonyl (C=O) groups excluding carboxylic acids is 2. The zero-order valence-corrected chi connectivity index (χ0v) is 14.5. The predicted octanol–water partition coefficient (Wildman–Crippen LogP) is 5.06. The van der Waals surface area contributed by atoms with Crippen molar-refractivity contribution in [1.29, 1.82) is 0 Å². The highest BCUT2D eigenvalue weighted by molar-refractivity contribution is 5.81. The van der Waals surface area contributed by atoms with Gasteiger partial charge >= 0.3 is 0 Å². The summed E-state index contributed by atoms with van der Waals surface area (Å²) < 4.78 is 0. The zero-order valence-electron chi connectivity index (χ0n) is 14.5. The van der Waals surface area contributed by atoms with Gasteiger partial charge in [0.05, 0.1) is 0 Å². The lowest BCUT2D eigenvalue weighted by Gasteiger charge is -2.29. The molecule has 1 aliphatic rings. The Morgan fingerprint density at radius 3 is 2.64 bits per heavy atom. The maximum Gasteiger partial charge on any atom is 0.146 e. The predicted molar refractivity (Wildman–Crippen MR) is 92.6 cm³/mol. The van der Waals surface area contributed by atoms with Gasteiger partial charge in [0.1, 0.15) is 12.6 Å². The first-order valence-electron chi connectivity index (χ1n) is 8.39. The summed E-state index contributed by atoms with van der Waals surface area (Å²) >= 11 is 0. The molecule has 0 aromatic heterocycles. The standard InChI is InChI=1S/C20H30O2/c1-15(2)7-5-9-17(4)19-12-11-16(3)8-6-10-18(13-21)20(19)14-22/h7-8,10,13-14,17,19-20H,5-6,9,11-12H2,1-4H3/b16-8+,18-10-/t17?,19-,20+/m1/s1. The molecule has 0 heterocycles. The van der Waals surface area contributed by atoms with Crippen LogP contribution in [-0.4, -0.2) is 12.6 Å². The Kier molecular flexibility index (Phi) is 8.08. The van der Waals surface area contributed by atoms with Gasteiger partial charge in [0.15, 0.2) is 0 Å². The lowest BCUT2D eigenvalue weighted by atomic mass is 9.75. The average Bonchev–Trinajstić information content (AvgIpc) is 2.55. The lowest BCUT2D eigenvalue weighted by Crippen LogP contribution is -2.25. The van der Waals surface area contributed by atoms with Crippen LogP contribution in [0.15, 0.2) is 34.9 Å². The van der Waals surface area contributed by atoms with E-state index in [0.717, 1.165) is 44.7 Å². The Morgan fingerprint density at radius 2 is 2.05 bits per heavy atom. The molecule has 2 heteroatoms. The molecule has 0 spiro atoms. The van der Waals surface area contributed by atoms with E-state index in [4.69, 9.17) is 0 Å². The van der Waals surface area contributed by atoms with E-state index >= 15 is 0 Å². The molecule has 0 saturated heterocycles. The molecule has 1 rings (SSSR count). The molecule has 2 nitrogen and oxygen atoms in total. The van der Waals surface area contributed by atoms with Gasteiger partial charge in [-0.05, 0) is 70.3 Å². The van der Waals surface area contributed by atoms with Crippen LogP contribution in [0.3, 0.4) is 0 Å². The lowest BCUT2D eigenvalue weighted by molar-refractivity contribution is -0.114. The van der Waals surface area contributed by atoms with Gasteiger partial charge in [0.25, 0.3) is 0 Å². The highest BCUT2D eigenvalue weighted by atomic mass is 16.1. The van der Waals surface area contributed by atoms with Crippen molar-refractivity contribution < 1.29 is 9.59 Å². The molecular formula is C20H30O2. The largest absolute Gasteiger partial charge is 0.303 e. The summed E-state index contributed by atoms with van der Waals surface area (Å²) in [7, 11) is 0. The molecular weight excluding hydrogens is 272 g/mol. The zero-order chi connectivity index (χ0) is 16.5. The fourth-order valence-electron chi connectivity index (χ4n) is 3.25. The maximum absolute atomic E-state index is 11.7. The molecule has 3 atom stereocenters. The molecule has 0 radical (unpaired) electrons. The van der Waals surface area contributed by atoms with Gasteiger partial charge in [-0.25, -0.2) is 0 Å². The van der Waals surface area contributed by atoms with Crippen LogP contribution in [0.1, 0.15) is 59.8 Å². The monoisotopic (exact) mass is 302 g/mol. The third-order valence-electron chi connectivity index (χ3n) is 4.73. The number of aldehydes is 2. The van der Waals surface area contributed by atoms with Crippen molar-refractivity contribution in [1.82, 2.24) is 0 Å². The molecule has 0 fully saturated rings. The van der Waals surface area contributed by atoms with Gasteiger partial charge in [-0.3, -0.25) is 4.79 Å². The quantitative estimate of drug-likeness (QED) is 0.508. The fourth-order valence-corrected chi connectivity index (χ4v) is 3.25. The first kappa shape index (κ1) is 18.6. The van der Waals surface area contributed by atoms with E-state index in [2.05, 4.69) is 39.8 Å². The Hall–Kier alpha value is -1.44. The molecule has 0 bridgehead atoms. The minimum atomic E-state index is -0.251. The molecule has 0 saturated carbocycles. The summed E-state index contributed by atoms with van der Waals surface area (Å²) in [5.41, 5.74) is 3.36. The minimum absolute atomic E-state index is 0.251. The smallest absolute Gasteiger partial charge is 0.146 e. The van der Waals surface area contributed by atoms with Gasteiger partial charge in [0.2, 0.25) is 0 Å². The number of rotatable bonds is 6. The van der Waals surface area contributed by atoms with Crippen LogP contribution < -0.4 is 0 Å². The Bertz CT molecular complexity index is 464. The SMILES string of the molecule is CC(C)=CCCC(C)[C@H]1CC/C(C)=C/C/C=C(/C=O)[C@@H]1C=O. The highest BCUT2D eigenvalue weighted by Crippen LogP contribution is 2.34. The minimum Gasteiger partial charge on any atom is -0.303 e. The van der Waals surface area contributed by atoms with Gasteiger partial charge in [-0.15, -0.1) is 0 Å². The van der Waals surface area contributed by atoms with Crippen molar-refractivity contribution in [3.63, 3.8) is 0 Å². The van der Waals surface area contributed by atoms with E-state index in [1.54, 1.807) is 0 Å². The third kappa shape index (κ3) is 5.75. The fraction of sp³-hybridized carbons (Fsp3) is 0.600. The first-order chi connectivity index (χ1) is 10.5. The summed E-state index contributed by atoms with van der Waals surface area (Å²) in [4.78, 5) is 23.1. The number of hydrogen-bond donors (Lipinski definition) is 0. The molecule has 0 N–H and O–H groups in total. The maximum atomic E-state index is 11.7. The van der Waals surface area contributed by atoms with Crippen molar-refractivity contribution >= 4 is 12.6 Å². The van der Waals surface area contributed by atoms with Crippen LogP contribution in [0, 0.1) is 17.8 Å². The van der Waals surface area contributed by atoms with Crippen LogP contribution in [0.5, 0.6) is 0 Å². The van der Waals surface area contributed by atoms with E-state index in [1.807, 2.05) is 6.08 Å². The van der Waals surface area contributed by atoms with Crippen LogP contribution >= 0.6 is 0 Å². The highest BCUT2D eigenvalue weighted by Gasteiger charge is 2.29. The summed E-state index contributed by atoms with van der Waals surface area (Å²) in [5.74, 6) is 0.430. The second kappa shape index (κ2) is 9.55. The molecule has 1 unspecified atom stereocenters. The average molecular weight is 302 g/mol. The summed E-state index contributed by atoms with van der Waals surface area (Å²) in [5, 5.41) is 0. The van der Waals surface area contributed by atoms with E-state index in [1.165, 1.54) is 11.1 Å². The Morgan fingerprint density at radius 1 is 1.32 bits per heavy atom. The van der Waals surface area contributed by atoms with Gasteiger partial charge in [0, 0.05) is 5.92 Å². The van der Waals surface area contributed by atoms with Crippen LogP contribution in [0.4, 0.5) is 0 Å². The molecule has 0 aromatic carbocycles. The summed E-state index contributed by atoms with van der Waals surface area (Å²) in [6.07, 6.45) is 13.1. The van der Waals surface area contributed by atoms with Crippen molar-refractivity contribution in [3.8, 4) is 0 Å². The molecule has 22 heavy (non-hydrogen) atoms. The van der Waals surface area contributed by atoms with E-state index < -0.39 is 0 Å². The number of hydrogen-bond acceptors (Lipinski definition) is 2. The molecule has 1 aliphatic carbocycles. The van der Waals surface area contributed by atoms with Gasteiger partial charge in [-0.1, -0.05) is 36.3 Å². The van der Waals surface area contributed by atoms with E-state index in [9.17, 15) is 9.59 Å². The van der Waals surface area contributed by atoms with Crippen molar-refractivity contribution in [2.45, 2.75) is 59.8 Å². The van der Waals surface area contributed by atoms with Crippen LogP contribution in [0.2, 0.25) is 0 Å². The Balaban J connectivity index is 2.93. The first-order valence-corrected chi connectivity index (χ1v) is 8.39.